The summed E-state index contributed by atoms with van der Waals surface area (Å²) in [6, 6.07) is 6.09. The molecule has 1 aliphatic heterocycles. The van der Waals surface area contributed by atoms with Crippen molar-refractivity contribution in [1.29, 1.82) is 0 Å². The molecule has 25 heavy (non-hydrogen) atoms. The smallest absolute Gasteiger partial charge is 0.269 e. The molecule has 1 amide bonds. The lowest BCUT2D eigenvalue weighted by Crippen LogP contribution is -2.42. The number of aromatic nitrogens is 2. The largest absolute Gasteiger partial charge is 0.473 e. The predicted molar refractivity (Wildman–Crippen MR) is 89.1 cm³/mol. The van der Waals surface area contributed by atoms with E-state index in [4.69, 9.17) is 4.74 Å². The molecule has 130 valence electrons. The van der Waals surface area contributed by atoms with Gasteiger partial charge in [0.1, 0.15) is 6.10 Å². The van der Waals surface area contributed by atoms with Crippen molar-refractivity contribution in [2.45, 2.75) is 25.4 Å². The van der Waals surface area contributed by atoms with E-state index in [1.807, 2.05) is 0 Å². The van der Waals surface area contributed by atoms with Gasteiger partial charge < -0.3 is 9.64 Å². The van der Waals surface area contributed by atoms with Crippen LogP contribution in [0, 0.1) is 10.1 Å². The Labute approximate surface area is 144 Å². The molecular weight excluding hydrogens is 324 g/mol. The van der Waals surface area contributed by atoms with Crippen molar-refractivity contribution in [2.24, 2.45) is 0 Å². The SMILES string of the molecule is O=C(Cc1ccc([N+](=O)[O-])cc1)N1CCC(Oc2cnccn2)CC1. The summed E-state index contributed by atoms with van der Waals surface area (Å²) in [7, 11) is 0. The Morgan fingerprint density at radius 2 is 1.96 bits per heavy atom. The average Bonchev–Trinajstić information content (AvgIpc) is 2.63. The van der Waals surface area contributed by atoms with Crippen LogP contribution in [0.5, 0.6) is 5.88 Å². The maximum Gasteiger partial charge on any atom is 0.269 e. The van der Waals surface area contributed by atoms with E-state index in [1.165, 1.54) is 12.1 Å². The summed E-state index contributed by atoms with van der Waals surface area (Å²) >= 11 is 0. The van der Waals surface area contributed by atoms with Crippen molar-refractivity contribution >= 4 is 11.6 Å². The summed E-state index contributed by atoms with van der Waals surface area (Å²) in [4.78, 5) is 32.4. The summed E-state index contributed by atoms with van der Waals surface area (Å²) in [6.45, 7) is 1.24. The molecule has 8 heteroatoms. The molecule has 0 atom stereocenters. The third-order valence-electron chi connectivity index (χ3n) is 4.12. The molecule has 0 aliphatic carbocycles. The van der Waals surface area contributed by atoms with Crippen LogP contribution in [0.15, 0.2) is 42.9 Å². The van der Waals surface area contributed by atoms with Gasteiger partial charge in [0, 0.05) is 50.5 Å². The lowest BCUT2D eigenvalue weighted by molar-refractivity contribution is -0.384. The fourth-order valence-electron chi connectivity index (χ4n) is 2.76. The number of carbonyl (C=O) groups excluding carboxylic acids is 1. The third kappa shape index (κ3) is 4.50. The monoisotopic (exact) mass is 342 g/mol. The molecule has 1 aromatic heterocycles. The first-order valence-electron chi connectivity index (χ1n) is 8.05. The minimum Gasteiger partial charge on any atom is -0.473 e. The molecule has 1 fully saturated rings. The minimum absolute atomic E-state index is 0.0202. The molecule has 0 N–H and O–H groups in total. The van der Waals surface area contributed by atoms with E-state index in [0.29, 0.717) is 19.0 Å². The number of non-ortho nitro benzene ring substituents is 1. The van der Waals surface area contributed by atoms with Crippen LogP contribution in [0.4, 0.5) is 5.69 Å². The highest BCUT2D eigenvalue weighted by molar-refractivity contribution is 5.79. The molecule has 0 bridgehead atoms. The lowest BCUT2D eigenvalue weighted by atomic mass is 10.1. The van der Waals surface area contributed by atoms with E-state index in [0.717, 1.165) is 18.4 Å². The van der Waals surface area contributed by atoms with E-state index in [1.54, 1.807) is 35.6 Å². The number of piperidine rings is 1. The van der Waals surface area contributed by atoms with Crippen molar-refractivity contribution in [3.8, 4) is 5.88 Å². The van der Waals surface area contributed by atoms with E-state index in [-0.39, 0.29) is 24.1 Å². The second kappa shape index (κ2) is 7.69. The van der Waals surface area contributed by atoms with Crippen molar-refractivity contribution in [1.82, 2.24) is 14.9 Å². The number of nitro benzene ring substituents is 1. The van der Waals surface area contributed by atoms with Gasteiger partial charge >= 0.3 is 0 Å². The topological polar surface area (TPSA) is 98.5 Å². The van der Waals surface area contributed by atoms with Gasteiger partial charge in [-0.3, -0.25) is 19.9 Å². The van der Waals surface area contributed by atoms with Crippen LogP contribution in [0.1, 0.15) is 18.4 Å². The van der Waals surface area contributed by atoms with Gasteiger partial charge in [0.15, 0.2) is 0 Å². The summed E-state index contributed by atoms with van der Waals surface area (Å²) < 4.78 is 5.76. The van der Waals surface area contributed by atoms with Crippen molar-refractivity contribution in [2.75, 3.05) is 13.1 Å². The predicted octanol–water partition coefficient (Wildman–Crippen LogP) is 2.00. The first-order chi connectivity index (χ1) is 12.1. The number of ether oxygens (including phenoxy) is 1. The van der Waals surface area contributed by atoms with Crippen LogP contribution >= 0.6 is 0 Å². The Hall–Kier alpha value is -3.03. The molecule has 1 aromatic carbocycles. The Bertz CT molecular complexity index is 728. The molecule has 2 heterocycles. The quantitative estimate of drug-likeness (QED) is 0.609. The summed E-state index contributed by atoms with van der Waals surface area (Å²) in [5, 5.41) is 10.7. The van der Waals surface area contributed by atoms with Gasteiger partial charge in [0.2, 0.25) is 11.8 Å². The number of amides is 1. The molecule has 0 saturated carbocycles. The highest BCUT2D eigenvalue weighted by Gasteiger charge is 2.24. The van der Waals surface area contributed by atoms with Crippen LogP contribution in [0.3, 0.4) is 0 Å². The molecule has 1 aliphatic rings. The fourth-order valence-corrected chi connectivity index (χ4v) is 2.76. The van der Waals surface area contributed by atoms with Crippen LogP contribution < -0.4 is 4.74 Å². The fraction of sp³-hybridized carbons (Fsp3) is 0.353. The number of carbonyl (C=O) groups is 1. The maximum absolute atomic E-state index is 12.4. The Kier molecular flexibility index (Phi) is 5.17. The van der Waals surface area contributed by atoms with Gasteiger partial charge in [-0.1, -0.05) is 12.1 Å². The second-order valence-electron chi connectivity index (χ2n) is 5.84. The number of hydrogen-bond acceptors (Lipinski definition) is 6. The molecule has 0 spiro atoms. The van der Waals surface area contributed by atoms with Gasteiger partial charge in [-0.2, -0.15) is 0 Å². The number of likely N-dealkylation sites (tertiary alicyclic amines) is 1. The first-order valence-corrected chi connectivity index (χ1v) is 8.05. The molecule has 0 unspecified atom stereocenters. The summed E-state index contributed by atoms with van der Waals surface area (Å²) in [6.07, 6.45) is 6.50. The lowest BCUT2D eigenvalue weighted by Gasteiger charge is -2.32. The van der Waals surface area contributed by atoms with E-state index < -0.39 is 4.92 Å². The van der Waals surface area contributed by atoms with Crippen LogP contribution in [0.25, 0.3) is 0 Å². The van der Waals surface area contributed by atoms with E-state index in [9.17, 15) is 14.9 Å². The number of rotatable bonds is 5. The zero-order valence-electron chi connectivity index (χ0n) is 13.6. The van der Waals surface area contributed by atoms with Crippen LogP contribution in [-0.4, -0.2) is 44.9 Å². The van der Waals surface area contributed by atoms with Crippen molar-refractivity contribution < 1.29 is 14.5 Å². The molecular formula is C17H18N4O4. The van der Waals surface area contributed by atoms with Crippen molar-refractivity contribution in [3.63, 3.8) is 0 Å². The zero-order chi connectivity index (χ0) is 17.6. The standard InChI is InChI=1S/C17H18N4O4/c22-17(11-13-1-3-14(4-2-13)21(23)24)20-9-5-15(6-10-20)25-16-12-18-7-8-19-16/h1-4,7-8,12,15H,5-6,9-11H2. The van der Waals surface area contributed by atoms with Crippen LogP contribution in [0.2, 0.25) is 0 Å². The normalized spacial score (nSPS) is 15.0. The summed E-state index contributed by atoms with van der Waals surface area (Å²) in [5.74, 6) is 0.518. The van der Waals surface area contributed by atoms with Gasteiger partial charge in [-0.25, -0.2) is 4.98 Å². The van der Waals surface area contributed by atoms with Crippen LogP contribution in [-0.2, 0) is 11.2 Å². The van der Waals surface area contributed by atoms with Gasteiger partial charge in [0.25, 0.3) is 5.69 Å². The third-order valence-corrected chi connectivity index (χ3v) is 4.12. The highest BCUT2D eigenvalue weighted by atomic mass is 16.6. The van der Waals surface area contributed by atoms with Crippen molar-refractivity contribution in [3.05, 3.63) is 58.5 Å². The molecule has 2 aromatic rings. The van der Waals surface area contributed by atoms with Gasteiger partial charge in [-0.15, -0.1) is 0 Å². The van der Waals surface area contributed by atoms with E-state index >= 15 is 0 Å². The van der Waals surface area contributed by atoms with E-state index in [2.05, 4.69) is 9.97 Å². The van der Waals surface area contributed by atoms with Gasteiger partial charge in [0.05, 0.1) is 17.5 Å². The molecule has 0 radical (unpaired) electrons. The first kappa shape index (κ1) is 16.8. The molecule has 1 saturated heterocycles. The Balaban J connectivity index is 1.49. The summed E-state index contributed by atoms with van der Waals surface area (Å²) in [5.41, 5.74) is 0.798. The number of nitrogens with zero attached hydrogens (tertiary/aromatic N) is 4. The Morgan fingerprint density at radius 1 is 1.24 bits per heavy atom. The minimum atomic E-state index is -0.451. The number of nitro groups is 1. The van der Waals surface area contributed by atoms with Gasteiger partial charge in [-0.05, 0) is 5.56 Å². The highest BCUT2D eigenvalue weighted by Crippen LogP contribution is 2.18. The molecule has 8 nitrogen and oxygen atoms in total. The average molecular weight is 342 g/mol. The second-order valence-corrected chi connectivity index (χ2v) is 5.84. The number of hydrogen-bond donors (Lipinski definition) is 0. The zero-order valence-corrected chi connectivity index (χ0v) is 13.6. The molecule has 3 rings (SSSR count). The maximum atomic E-state index is 12.4. The number of benzene rings is 1. The Morgan fingerprint density at radius 3 is 2.56 bits per heavy atom.